The Balaban J connectivity index is 1.73. The molecule has 5 heteroatoms. The molecule has 0 atom stereocenters. The topological polar surface area (TPSA) is 38.8 Å². The molecule has 0 aromatic heterocycles. The van der Waals surface area contributed by atoms with E-state index in [2.05, 4.69) is 0 Å². The van der Waals surface area contributed by atoms with Crippen molar-refractivity contribution in [3.8, 4) is 5.75 Å². The number of rotatable bonds is 5. The summed E-state index contributed by atoms with van der Waals surface area (Å²) in [5, 5.41) is 0. The van der Waals surface area contributed by atoms with Gasteiger partial charge < -0.3 is 14.4 Å². The summed E-state index contributed by atoms with van der Waals surface area (Å²) >= 11 is 0. The fourth-order valence-corrected chi connectivity index (χ4v) is 2.73. The Morgan fingerprint density at radius 3 is 2.72 bits per heavy atom. The first-order valence-electron chi connectivity index (χ1n) is 8.16. The number of methoxy groups -OCH3 is 1. The number of carbonyl (C=O) groups excluding carboxylic acids is 1. The molecule has 4 nitrogen and oxygen atoms in total. The van der Waals surface area contributed by atoms with Crippen molar-refractivity contribution in [1.29, 1.82) is 0 Å². The molecule has 0 N–H and O–H groups in total. The molecular formula is C20H20FNO3. The van der Waals surface area contributed by atoms with Gasteiger partial charge in [-0.05, 0) is 42.0 Å². The standard InChI is InChI=1S/C20H20FNO3/c1-24-17-4-2-3-15(13-17)5-8-20(23)16-6-7-19(18(21)14-16)22-9-11-25-12-10-22/h2-8,13-14H,9-12H2,1H3/b8-5+. The maximum Gasteiger partial charge on any atom is 0.185 e. The molecule has 0 saturated carbocycles. The van der Waals surface area contributed by atoms with Gasteiger partial charge in [-0.3, -0.25) is 4.79 Å². The normalized spacial score (nSPS) is 14.7. The van der Waals surface area contributed by atoms with Crippen LogP contribution in [0.2, 0.25) is 0 Å². The SMILES string of the molecule is COc1cccc(/C=C/C(=O)c2ccc(N3CCOCC3)c(F)c2)c1. The quantitative estimate of drug-likeness (QED) is 0.616. The summed E-state index contributed by atoms with van der Waals surface area (Å²) in [6, 6.07) is 12.0. The van der Waals surface area contributed by atoms with Crippen molar-refractivity contribution in [1.82, 2.24) is 0 Å². The lowest BCUT2D eigenvalue weighted by molar-refractivity contribution is 0.104. The van der Waals surface area contributed by atoms with Crippen molar-refractivity contribution in [2.24, 2.45) is 0 Å². The van der Waals surface area contributed by atoms with Gasteiger partial charge >= 0.3 is 0 Å². The number of hydrogen-bond acceptors (Lipinski definition) is 4. The molecule has 1 heterocycles. The van der Waals surface area contributed by atoms with Crippen LogP contribution in [0.15, 0.2) is 48.5 Å². The molecule has 0 bridgehead atoms. The van der Waals surface area contributed by atoms with Gasteiger partial charge in [0.05, 0.1) is 26.0 Å². The molecule has 130 valence electrons. The predicted molar refractivity (Wildman–Crippen MR) is 95.8 cm³/mol. The van der Waals surface area contributed by atoms with E-state index in [4.69, 9.17) is 9.47 Å². The zero-order chi connectivity index (χ0) is 17.6. The van der Waals surface area contributed by atoms with Crippen molar-refractivity contribution < 1.29 is 18.7 Å². The van der Waals surface area contributed by atoms with Crippen molar-refractivity contribution in [3.05, 3.63) is 65.5 Å². The van der Waals surface area contributed by atoms with Crippen molar-refractivity contribution in [2.45, 2.75) is 0 Å². The second kappa shape index (κ2) is 7.94. The Morgan fingerprint density at radius 1 is 1.20 bits per heavy atom. The predicted octanol–water partition coefficient (Wildman–Crippen LogP) is 3.57. The van der Waals surface area contributed by atoms with Gasteiger partial charge in [-0.1, -0.05) is 18.2 Å². The lowest BCUT2D eigenvalue weighted by Gasteiger charge is -2.29. The molecule has 0 unspecified atom stereocenters. The van der Waals surface area contributed by atoms with Crippen molar-refractivity contribution in [3.63, 3.8) is 0 Å². The third-order valence-electron chi connectivity index (χ3n) is 4.10. The number of allylic oxidation sites excluding steroid dienone is 1. The molecule has 0 aliphatic carbocycles. The Kier molecular flexibility index (Phi) is 5.46. The Bertz CT molecular complexity index is 782. The third kappa shape index (κ3) is 4.25. The van der Waals surface area contributed by atoms with Crippen LogP contribution in [0.5, 0.6) is 5.75 Å². The van der Waals surface area contributed by atoms with Gasteiger partial charge in [0.2, 0.25) is 0 Å². The van der Waals surface area contributed by atoms with Crippen LogP contribution >= 0.6 is 0 Å². The lowest BCUT2D eigenvalue weighted by atomic mass is 10.1. The van der Waals surface area contributed by atoms with Crippen LogP contribution in [0.1, 0.15) is 15.9 Å². The van der Waals surface area contributed by atoms with Gasteiger partial charge in [-0.15, -0.1) is 0 Å². The van der Waals surface area contributed by atoms with Crippen LogP contribution in [0.25, 0.3) is 6.08 Å². The van der Waals surface area contributed by atoms with E-state index >= 15 is 0 Å². The fourth-order valence-electron chi connectivity index (χ4n) is 2.73. The highest BCUT2D eigenvalue weighted by molar-refractivity contribution is 6.07. The first-order valence-corrected chi connectivity index (χ1v) is 8.16. The van der Waals surface area contributed by atoms with E-state index in [1.807, 2.05) is 29.2 Å². The summed E-state index contributed by atoms with van der Waals surface area (Å²) in [5.74, 6) is 0.0910. The van der Waals surface area contributed by atoms with Crippen molar-refractivity contribution >= 4 is 17.5 Å². The smallest absolute Gasteiger partial charge is 0.185 e. The average molecular weight is 341 g/mol. The highest BCUT2D eigenvalue weighted by Crippen LogP contribution is 2.22. The fraction of sp³-hybridized carbons (Fsp3) is 0.250. The lowest BCUT2D eigenvalue weighted by Crippen LogP contribution is -2.36. The van der Waals surface area contributed by atoms with E-state index in [-0.39, 0.29) is 11.6 Å². The van der Waals surface area contributed by atoms with Gasteiger partial charge in [-0.2, -0.15) is 0 Å². The largest absolute Gasteiger partial charge is 0.497 e. The van der Waals surface area contributed by atoms with E-state index in [0.29, 0.717) is 37.6 Å². The second-order valence-electron chi connectivity index (χ2n) is 5.74. The number of ether oxygens (including phenoxy) is 2. The summed E-state index contributed by atoms with van der Waals surface area (Å²) in [6.45, 7) is 2.48. The summed E-state index contributed by atoms with van der Waals surface area (Å²) in [4.78, 5) is 14.2. The van der Waals surface area contributed by atoms with Crippen LogP contribution in [0, 0.1) is 5.82 Å². The van der Waals surface area contributed by atoms with Crippen LogP contribution in [0.4, 0.5) is 10.1 Å². The van der Waals surface area contributed by atoms with Crippen LogP contribution in [-0.4, -0.2) is 39.2 Å². The zero-order valence-electron chi connectivity index (χ0n) is 14.1. The van der Waals surface area contributed by atoms with E-state index < -0.39 is 0 Å². The number of halogens is 1. The maximum absolute atomic E-state index is 14.4. The second-order valence-corrected chi connectivity index (χ2v) is 5.74. The Hall–Kier alpha value is -2.66. The minimum atomic E-state index is -0.387. The monoisotopic (exact) mass is 341 g/mol. The molecule has 2 aromatic rings. The highest BCUT2D eigenvalue weighted by Gasteiger charge is 2.16. The number of hydrogen-bond donors (Lipinski definition) is 0. The molecule has 1 saturated heterocycles. The summed E-state index contributed by atoms with van der Waals surface area (Å²) in [5.41, 5.74) is 1.68. The van der Waals surface area contributed by atoms with Gasteiger partial charge in [0.25, 0.3) is 0 Å². The number of carbonyl (C=O) groups is 1. The van der Waals surface area contributed by atoms with E-state index in [9.17, 15) is 9.18 Å². The molecule has 1 aliphatic heterocycles. The molecule has 1 aliphatic rings. The average Bonchev–Trinajstić information content (AvgIpc) is 2.67. The number of anilines is 1. The highest BCUT2D eigenvalue weighted by atomic mass is 19.1. The molecule has 0 amide bonds. The summed E-state index contributed by atoms with van der Waals surface area (Å²) in [7, 11) is 1.59. The van der Waals surface area contributed by atoms with Gasteiger partial charge in [0, 0.05) is 18.7 Å². The molecule has 3 rings (SSSR count). The first kappa shape index (κ1) is 17.2. The molecular weight excluding hydrogens is 321 g/mol. The summed E-state index contributed by atoms with van der Waals surface area (Å²) < 4.78 is 24.8. The molecule has 0 radical (unpaired) electrons. The molecule has 0 spiro atoms. The minimum Gasteiger partial charge on any atom is -0.497 e. The van der Waals surface area contributed by atoms with Crippen LogP contribution < -0.4 is 9.64 Å². The van der Waals surface area contributed by atoms with Gasteiger partial charge in [-0.25, -0.2) is 4.39 Å². The van der Waals surface area contributed by atoms with Gasteiger partial charge in [0.1, 0.15) is 11.6 Å². The van der Waals surface area contributed by atoms with E-state index in [1.165, 1.54) is 12.1 Å². The minimum absolute atomic E-state index is 0.241. The molecule has 25 heavy (non-hydrogen) atoms. The summed E-state index contributed by atoms with van der Waals surface area (Å²) in [6.07, 6.45) is 3.14. The zero-order valence-corrected chi connectivity index (χ0v) is 14.1. The Morgan fingerprint density at radius 2 is 2.00 bits per heavy atom. The number of morpholine rings is 1. The van der Waals surface area contributed by atoms with E-state index in [0.717, 1.165) is 11.3 Å². The third-order valence-corrected chi connectivity index (χ3v) is 4.10. The van der Waals surface area contributed by atoms with Crippen LogP contribution in [0.3, 0.4) is 0 Å². The maximum atomic E-state index is 14.4. The first-order chi connectivity index (χ1) is 12.2. The van der Waals surface area contributed by atoms with E-state index in [1.54, 1.807) is 25.3 Å². The number of nitrogens with zero attached hydrogens (tertiary/aromatic N) is 1. The van der Waals surface area contributed by atoms with Crippen molar-refractivity contribution in [2.75, 3.05) is 38.3 Å². The van der Waals surface area contributed by atoms with Crippen LogP contribution in [-0.2, 0) is 4.74 Å². The Labute approximate surface area is 146 Å². The molecule has 2 aromatic carbocycles. The molecule has 1 fully saturated rings. The van der Waals surface area contributed by atoms with Gasteiger partial charge in [0.15, 0.2) is 5.78 Å². The number of benzene rings is 2. The number of ketones is 1.